The van der Waals surface area contributed by atoms with E-state index in [1.807, 2.05) is 0 Å². The normalized spacial score (nSPS) is 19.6. The molecule has 27 heavy (non-hydrogen) atoms. The van der Waals surface area contributed by atoms with Gasteiger partial charge in [0.05, 0.1) is 6.04 Å². The lowest BCUT2D eigenvalue weighted by Gasteiger charge is -2.31. The number of hydrogen-bond donors (Lipinski definition) is 3. The molecule has 1 saturated heterocycles. The minimum atomic E-state index is -4.56. The van der Waals surface area contributed by atoms with Crippen molar-refractivity contribution in [3.63, 3.8) is 0 Å². The molecule has 152 valence electrons. The highest BCUT2D eigenvalue weighted by atomic mass is 19.4. The molecule has 1 aromatic rings. The van der Waals surface area contributed by atoms with Crippen LogP contribution in [0.4, 0.5) is 23.8 Å². The first-order chi connectivity index (χ1) is 12.4. The van der Waals surface area contributed by atoms with Crippen LogP contribution < -0.4 is 11.3 Å². The zero-order valence-corrected chi connectivity index (χ0v) is 15.3. The number of alkyl halides is 3. The van der Waals surface area contributed by atoms with Crippen molar-refractivity contribution in [3.05, 3.63) is 23.9 Å². The molecule has 0 saturated carbocycles. The Kier molecular flexibility index (Phi) is 6.17. The number of amides is 1. The lowest BCUT2D eigenvalue weighted by Crippen LogP contribution is -2.44. The Bertz CT molecular complexity index is 648. The Morgan fingerprint density at radius 3 is 2.59 bits per heavy atom. The largest absolute Gasteiger partial charge is 0.442 e. The van der Waals surface area contributed by atoms with Crippen LogP contribution in [0.3, 0.4) is 0 Å². The molecule has 0 aliphatic carbocycles. The number of likely N-dealkylation sites (tertiary alicyclic amines) is 1. The smallest absolute Gasteiger partial charge is 0.434 e. The van der Waals surface area contributed by atoms with Crippen LogP contribution in [-0.4, -0.2) is 57.2 Å². The molecule has 2 atom stereocenters. The fourth-order valence-electron chi connectivity index (χ4n) is 2.92. The number of rotatable bonds is 4. The average Bonchev–Trinajstić information content (AvgIpc) is 3.01. The predicted molar refractivity (Wildman–Crippen MR) is 90.7 cm³/mol. The van der Waals surface area contributed by atoms with E-state index in [1.165, 1.54) is 12.1 Å². The SMILES string of the molecule is CC(C)(C)OC(=O)N(O)C1CCN([C@H](c2ccc(NN)nc2)C(F)(F)F)C1. The maximum Gasteiger partial charge on any atom is 0.434 e. The van der Waals surface area contributed by atoms with E-state index in [-0.39, 0.29) is 30.9 Å². The molecule has 2 rings (SSSR count). The highest BCUT2D eigenvalue weighted by Crippen LogP contribution is 2.39. The van der Waals surface area contributed by atoms with Gasteiger partial charge in [-0.25, -0.2) is 15.6 Å². The van der Waals surface area contributed by atoms with Crippen molar-refractivity contribution < 1.29 is 27.9 Å². The van der Waals surface area contributed by atoms with Gasteiger partial charge in [-0.2, -0.15) is 18.2 Å². The van der Waals surface area contributed by atoms with Gasteiger partial charge in [-0.05, 0) is 38.8 Å². The highest BCUT2D eigenvalue weighted by Gasteiger charge is 2.48. The van der Waals surface area contributed by atoms with Crippen molar-refractivity contribution in [2.75, 3.05) is 18.5 Å². The Hall–Kier alpha value is -2.11. The number of ether oxygens (including phenoxy) is 1. The summed E-state index contributed by atoms with van der Waals surface area (Å²) in [4.78, 5) is 16.9. The van der Waals surface area contributed by atoms with E-state index >= 15 is 0 Å². The molecule has 1 aliphatic heterocycles. The number of nitrogen functional groups attached to an aromatic ring is 1. The van der Waals surface area contributed by atoms with Crippen LogP contribution in [-0.2, 0) is 4.74 Å². The molecule has 1 amide bonds. The third-order valence-electron chi connectivity index (χ3n) is 4.05. The van der Waals surface area contributed by atoms with E-state index in [2.05, 4.69) is 10.4 Å². The minimum Gasteiger partial charge on any atom is -0.442 e. The Morgan fingerprint density at radius 2 is 2.11 bits per heavy atom. The molecule has 11 heteroatoms. The second kappa shape index (κ2) is 7.87. The van der Waals surface area contributed by atoms with E-state index in [0.717, 1.165) is 11.1 Å². The summed E-state index contributed by atoms with van der Waals surface area (Å²) in [5.74, 6) is 5.43. The maximum atomic E-state index is 13.7. The van der Waals surface area contributed by atoms with Crippen LogP contribution in [0.1, 0.15) is 38.8 Å². The number of carbonyl (C=O) groups excluding carboxylic acids is 1. The summed E-state index contributed by atoms with van der Waals surface area (Å²) in [6.07, 6.45) is -4.26. The highest BCUT2D eigenvalue weighted by molar-refractivity contribution is 5.67. The number of aromatic nitrogens is 1. The van der Waals surface area contributed by atoms with Gasteiger partial charge in [0.2, 0.25) is 0 Å². The summed E-state index contributed by atoms with van der Waals surface area (Å²) >= 11 is 0. The Morgan fingerprint density at radius 1 is 1.44 bits per heavy atom. The monoisotopic (exact) mass is 391 g/mol. The van der Waals surface area contributed by atoms with Gasteiger partial charge < -0.3 is 10.2 Å². The topological polar surface area (TPSA) is 104 Å². The van der Waals surface area contributed by atoms with Crippen LogP contribution in [0.15, 0.2) is 18.3 Å². The van der Waals surface area contributed by atoms with Crippen molar-refractivity contribution in [2.45, 2.75) is 51.1 Å². The molecule has 0 radical (unpaired) electrons. The first kappa shape index (κ1) is 21.2. The van der Waals surface area contributed by atoms with Gasteiger partial charge in [0, 0.05) is 19.3 Å². The molecule has 1 fully saturated rings. The standard InChI is InChI=1S/C16H24F3N5O3/c1-15(2,3)27-14(25)24(26)11-6-7-23(9-11)13(16(17,18)19)10-4-5-12(22-20)21-8-10/h4-5,8,11,13,26H,6-7,9,20H2,1-3H3,(H,21,22)/t11?,13-/m1/s1. The maximum absolute atomic E-state index is 13.7. The van der Waals surface area contributed by atoms with Gasteiger partial charge in [-0.1, -0.05) is 6.07 Å². The van der Waals surface area contributed by atoms with Crippen LogP contribution in [0.2, 0.25) is 0 Å². The van der Waals surface area contributed by atoms with E-state index in [9.17, 15) is 23.2 Å². The first-order valence-electron chi connectivity index (χ1n) is 8.37. The van der Waals surface area contributed by atoms with Gasteiger partial charge >= 0.3 is 12.3 Å². The van der Waals surface area contributed by atoms with Crippen molar-refractivity contribution in [1.29, 1.82) is 0 Å². The zero-order chi connectivity index (χ0) is 20.4. The quantitative estimate of drug-likeness (QED) is 0.412. The summed E-state index contributed by atoms with van der Waals surface area (Å²) in [5.41, 5.74) is 1.38. The first-order valence-corrected chi connectivity index (χ1v) is 8.37. The second-order valence-electron chi connectivity index (χ2n) is 7.33. The Balaban J connectivity index is 2.14. The van der Waals surface area contributed by atoms with Crippen molar-refractivity contribution in [1.82, 2.24) is 14.9 Å². The van der Waals surface area contributed by atoms with Crippen LogP contribution in [0.25, 0.3) is 0 Å². The fourth-order valence-corrected chi connectivity index (χ4v) is 2.92. The van der Waals surface area contributed by atoms with Gasteiger partial charge in [0.25, 0.3) is 0 Å². The molecule has 0 aromatic carbocycles. The summed E-state index contributed by atoms with van der Waals surface area (Å²) in [6.45, 7) is 4.78. The number of hydrazine groups is 1. The molecular weight excluding hydrogens is 367 g/mol. The van der Waals surface area contributed by atoms with Crippen LogP contribution >= 0.6 is 0 Å². The summed E-state index contributed by atoms with van der Waals surface area (Å²) in [5, 5.41) is 10.4. The van der Waals surface area contributed by atoms with Gasteiger partial charge in [0.1, 0.15) is 17.5 Å². The molecule has 4 N–H and O–H groups in total. The minimum absolute atomic E-state index is 0.0472. The number of nitrogens with two attached hydrogens (primary N) is 1. The fraction of sp³-hybridized carbons (Fsp3) is 0.625. The summed E-state index contributed by atoms with van der Waals surface area (Å²) in [7, 11) is 0. The number of nitrogens with zero attached hydrogens (tertiary/aromatic N) is 3. The van der Waals surface area contributed by atoms with Crippen molar-refractivity contribution >= 4 is 11.9 Å². The number of anilines is 1. The van der Waals surface area contributed by atoms with Crippen LogP contribution in [0.5, 0.6) is 0 Å². The number of carbonyl (C=O) groups is 1. The number of nitrogens with one attached hydrogen (secondary N) is 1. The molecule has 2 heterocycles. The summed E-state index contributed by atoms with van der Waals surface area (Å²) in [6, 6.07) is -0.0737. The number of hydrogen-bond acceptors (Lipinski definition) is 7. The van der Waals surface area contributed by atoms with Crippen molar-refractivity contribution in [2.24, 2.45) is 5.84 Å². The van der Waals surface area contributed by atoms with E-state index < -0.39 is 30.0 Å². The van der Waals surface area contributed by atoms with E-state index in [4.69, 9.17) is 10.6 Å². The molecule has 8 nitrogen and oxygen atoms in total. The number of hydroxylamine groups is 2. The number of pyridine rings is 1. The van der Waals surface area contributed by atoms with Gasteiger partial charge in [-0.3, -0.25) is 10.1 Å². The predicted octanol–water partition coefficient (Wildman–Crippen LogP) is 2.67. The Labute approximate surface area is 155 Å². The van der Waals surface area contributed by atoms with E-state index in [0.29, 0.717) is 5.06 Å². The molecule has 0 bridgehead atoms. The molecule has 0 spiro atoms. The van der Waals surface area contributed by atoms with Gasteiger partial charge in [-0.15, -0.1) is 0 Å². The van der Waals surface area contributed by atoms with Gasteiger partial charge in [0.15, 0.2) is 0 Å². The second-order valence-corrected chi connectivity index (χ2v) is 7.33. The van der Waals surface area contributed by atoms with Crippen molar-refractivity contribution in [3.8, 4) is 0 Å². The zero-order valence-electron chi connectivity index (χ0n) is 15.3. The molecule has 1 unspecified atom stereocenters. The lowest BCUT2D eigenvalue weighted by atomic mass is 10.1. The summed E-state index contributed by atoms with van der Waals surface area (Å²) < 4.78 is 46.1. The molecule has 1 aromatic heterocycles. The third-order valence-corrected chi connectivity index (χ3v) is 4.05. The van der Waals surface area contributed by atoms with E-state index in [1.54, 1.807) is 20.8 Å². The number of halogens is 3. The molecular formula is C16H24F3N5O3. The van der Waals surface area contributed by atoms with Crippen LogP contribution in [0, 0.1) is 0 Å². The molecule has 1 aliphatic rings. The third kappa shape index (κ3) is 5.44. The lowest BCUT2D eigenvalue weighted by molar-refractivity contribution is -0.185. The average molecular weight is 391 g/mol.